The van der Waals surface area contributed by atoms with Crippen molar-refractivity contribution in [1.29, 1.82) is 0 Å². The molecule has 0 aliphatic carbocycles. The molecule has 0 bridgehead atoms. The zero-order chi connectivity index (χ0) is 8.55. The third-order valence-corrected chi connectivity index (χ3v) is 2.50. The molecule has 1 aromatic rings. The van der Waals surface area contributed by atoms with Crippen molar-refractivity contribution in [2.45, 2.75) is 19.3 Å². The first-order chi connectivity index (χ1) is 5.83. The molecule has 1 heterocycles. The summed E-state index contributed by atoms with van der Waals surface area (Å²) in [6, 6.07) is 5.29. The number of anilines is 1. The van der Waals surface area contributed by atoms with Crippen LogP contribution in [0.5, 0.6) is 0 Å². The van der Waals surface area contributed by atoms with E-state index in [1.807, 2.05) is 6.07 Å². The molecular formula is C10H12FN. The second kappa shape index (κ2) is 2.77. The van der Waals surface area contributed by atoms with Gasteiger partial charge in [-0.3, -0.25) is 0 Å². The molecule has 0 fully saturated rings. The molecule has 1 aromatic carbocycles. The molecule has 12 heavy (non-hydrogen) atoms. The van der Waals surface area contributed by atoms with Crippen LogP contribution in [0.4, 0.5) is 10.1 Å². The van der Waals surface area contributed by atoms with E-state index in [0.717, 1.165) is 18.5 Å². The van der Waals surface area contributed by atoms with Gasteiger partial charge in [0.25, 0.3) is 0 Å². The Bertz CT molecular complexity index is 296. The molecule has 2 heteroatoms. The van der Waals surface area contributed by atoms with Gasteiger partial charge < -0.3 is 5.32 Å². The summed E-state index contributed by atoms with van der Waals surface area (Å²) in [5, 5.41) is 3.09. The number of hydrogen-bond acceptors (Lipinski definition) is 1. The SMILES string of the molecule is CC[C@H]1CNc2c(F)cccc21. The number of rotatable bonds is 1. The van der Waals surface area contributed by atoms with E-state index in [-0.39, 0.29) is 5.82 Å². The van der Waals surface area contributed by atoms with Crippen LogP contribution in [-0.2, 0) is 0 Å². The molecule has 1 atom stereocenters. The number of hydrogen-bond donors (Lipinski definition) is 1. The Balaban J connectivity index is 2.46. The second-order valence-electron chi connectivity index (χ2n) is 3.19. The summed E-state index contributed by atoms with van der Waals surface area (Å²) >= 11 is 0. The number of benzene rings is 1. The van der Waals surface area contributed by atoms with Gasteiger partial charge in [-0.15, -0.1) is 0 Å². The molecule has 1 N–H and O–H groups in total. The van der Waals surface area contributed by atoms with Crippen molar-refractivity contribution in [1.82, 2.24) is 0 Å². The van der Waals surface area contributed by atoms with Crippen LogP contribution < -0.4 is 5.32 Å². The maximum atomic E-state index is 13.1. The van der Waals surface area contributed by atoms with E-state index >= 15 is 0 Å². The van der Waals surface area contributed by atoms with Crippen LogP contribution in [-0.4, -0.2) is 6.54 Å². The van der Waals surface area contributed by atoms with E-state index < -0.39 is 0 Å². The van der Waals surface area contributed by atoms with Crippen molar-refractivity contribution in [3.63, 3.8) is 0 Å². The number of para-hydroxylation sites is 1. The lowest BCUT2D eigenvalue weighted by atomic mass is 9.99. The molecule has 0 aromatic heterocycles. The molecule has 0 unspecified atom stereocenters. The van der Waals surface area contributed by atoms with Gasteiger partial charge in [-0.05, 0) is 18.1 Å². The topological polar surface area (TPSA) is 12.0 Å². The highest BCUT2D eigenvalue weighted by Gasteiger charge is 2.22. The third kappa shape index (κ3) is 0.986. The van der Waals surface area contributed by atoms with Gasteiger partial charge in [0.2, 0.25) is 0 Å². The molecule has 1 nitrogen and oxygen atoms in total. The quantitative estimate of drug-likeness (QED) is 0.674. The summed E-state index contributed by atoms with van der Waals surface area (Å²) in [6.45, 7) is 3.01. The largest absolute Gasteiger partial charge is 0.382 e. The zero-order valence-electron chi connectivity index (χ0n) is 7.10. The zero-order valence-corrected chi connectivity index (χ0v) is 7.10. The first-order valence-electron chi connectivity index (χ1n) is 4.35. The van der Waals surface area contributed by atoms with Crippen molar-refractivity contribution in [3.05, 3.63) is 29.6 Å². The lowest BCUT2D eigenvalue weighted by molar-refractivity contribution is 0.631. The van der Waals surface area contributed by atoms with Crippen molar-refractivity contribution < 1.29 is 4.39 Å². The molecule has 64 valence electrons. The highest BCUT2D eigenvalue weighted by molar-refractivity contribution is 5.58. The summed E-state index contributed by atoms with van der Waals surface area (Å²) in [7, 11) is 0. The van der Waals surface area contributed by atoms with Gasteiger partial charge in [-0.2, -0.15) is 0 Å². The number of nitrogens with one attached hydrogen (secondary N) is 1. The summed E-state index contributed by atoms with van der Waals surface area (Å²) in [6.07, 6.45) is 1.07. The molecule has 1 aliphatic heterocycles. The van der Waals surface area contributed by atoms with E-state index in [4.69, 9.17) is 0 Å². The molecule has 0 radical (unpaired) electrons. The third-order valence-electron chi connectivity index (χ3n) is 2.50. The Morgan fingerprint density at radius 2 is 2.42 bits per heavy atom. The minimum Gasteiger partial charge on any atom is -0.382 e. The minimum absolute atomic E-state index is 0.122. The highest BCUT2D eigenvalue weighted by atomic mass is 19.1. The fourth-order valence-electron chi connectivity index (χ4n) is 1.77. The van der Waals surface area contributed by atoms with Crippen LogP contribution in [0, 0.1) is 5.82 Å². The van der Waals surface area contributed by atoms with E-state index in [2.05, 4.69) is 12.2 Å². The van der Waals surface area contributed by atoms with Gasteiger partial charge in [-0.25, -0.2) is 4.39 Å². The maximum Gasteiger partial charge on any atom is 0.146 e. The molecule has 0 saturated carbocycles. The first-order valence-corrected chi connectivity index (χ1v) is 4.35. The highest BCUT2D eigenvalue weighted by Crippen LogP contribution is 2.34. The fourth-order valence-corrected chi connectivity index (χ4v) is 1.77. The van der Waals surface area contributed by atoms with E-state index in [9.17, 15) is 4.39 Å². The molecule has 1 aliphatic rings. The van der Waals surface area contributed by atoms with Crippen LogP contribution >= 0.6 is 0 Å². The summed E-state index contributed by atoms with van der Waals surface area (Å²) in [5.74, 6) is 0.374. The molecule has 0 amide bonds. The van der Waals surface area contributed by atoms with Gasteiger partial charge in [0.1, 0.15) is 5.82 Å². The lowest BCUT2D eigenvalue weighted by Crippen LogP contribution is -1.99. The average Bonchev–Trinajstić information content (AvgIpc) is 2.49. The first kappa shape index (κ1) is 7.59. The Hall–Kier alpha value is -1.05. The lowest BCUT2D eigenvalue weighted by Gasteiger charge is -2.04. The maximum absolute atomic E-state index is 13.1. The molecule has 0 saturated heterocycles. The molecule has 0 spiro atoms. The minimum atomic E-state index is -0.122. The number of fused-ring (bicyclic) bond motifs is 1. The molecular weight excluding hydrogens is 153 g/mol. The second-order valence-corrected chi connectivity index (χ2v) is 3.19. The summed E-state index contributed by atoms with van der Waals surface area (Å²) in [5.41, 5.74) is 1.85. The summed E-state index contributed by atoms with van der Waals surface area (Å²) < 4.78 is 13.1. The predicted molar refractivity (Wildman–Crippen MR) is 47.9 cm³/mol. The number of halogens is 1. The Morgan fingerprint density at radius 3 is 3.17 bits per heavy atom. The van der Waals surface area contributed by atoms with Gasteiger partial charge in [0, 0.05) is 12.5 Å². The average molecular weight is 165 g/mol. The van der Waals surface area contributed by atoms with Crippen LogP contribution in [0.15, 0.2) is 18.2 Å². The van der Waals surface area contributed by atoms with Crippen molar-refractivity contribution in [3.8, 4) is 0 Å². The van der Waals surface area contributed by atoms with E-state index in [1.165, 1.54) is 6.07 Å². The Kier molecular flexibility index (Phi) is 1.75. The van der Waals surface area contributed by atoms with Crippen LogP contribution in [0.2, 0.25) is 0 Å². The van der Waals surface area contributed by atoms with Crippen molar-refractivity contribution >= 4 is 5.69 Å². The fraction of sp³-hybridized carbons (Fsp3) is 0.400. The molecule has 2 rings (SSSR count). The van der Waals surface area contributed by atoms with Crippen LogP contribution in [0.1, 0.15) is 24.8 Å². The van der Waals surface area contributed by atoms with Gasteiger partial charge in [0.05, 0.1) is 5.69 Å². The van der Waals surface area contributed by atoms with Gasteiger partial charge in [0.15, 0.2) is 0 Å². The van der Waals surface area contributed by atoms with Crippen LogP contribution in [0.25, 0.3) is 0 Å². The van der Waals surface area contributed by atoms with E-state index in [0.29, 0.717) is 11.6 Å². The van der Waals surface area contributed by atoms with Crippen LogP contribution in [0.3, 0.4) is 0 Å². The smallest absolute Gasteiger partial charge is 0.146 e. The Labute approximate surface area is 71.6 Å². The summed E-state index contributed by atoms with van der Waals surface area (Å²) in [4.78, 5) is 0. The standard InChI is InChI=1S/C10H12FN/c1-2-7-6-12-10-8(7)4-3-5-9(10)11/h3-5,7,12H,2,6H2,1H3/t7-/m0/s1. The Morgan fingerprint density at radius 1 is 1.58 bits per heavy atom. The van der Waals surface area contributed by atoms with Gasteiger partial charge in [-0.1, -0.05) is 19.1 Å². The normalized spacial score (nSPS) is 20.3. The van der Waals surface area contributed by atoms with Crippen molar-refractivity contribution in [2.75, 3.05) is 11.9 Å². The monoisotopic (exact) mass is 165 g/mol. The van der Waals surface area contributed by atoms with E-state index in [1.54, 1.807) is 6.07 Å². The van der Waals surface area contributed by atoms with Crippen molar-refractivity contribution in [2.24, 2.45) is 0 Å². The predicted octanol–water partition coefficient (Wildman–Crippen LogP) is 2.74. The van der Waals surface area contributed by atoms with Gasteiger partial charge >= 0.3 is 0 Å².